The molecular weight excluding hydrogens is 386 g/mol. The summed E-state index contributed by atoms with van der Waals surface area (Å²) in [5.74, 6) is 0. The fraction of sp³-hybridized carbons (Fsp3) is 0.412. The van der Waals surface area contributed by atoms with Crippen LogP contribution in [-0.4, -0.2) is 8.07 Å². The molecule has 0 saturated carbocycles. The van der Waals surface area contributed by atoms with E-state index < -0.39 is 8.07 Å². The van der Waals surface area contributed by atoms with E-state index in [1.165, 1.54) is 23.1 Å². The van der Waals surface area contributed by atoms with Crippen molar-refractivity contribution in [1.82, 2.24) is 0 Å². The van der Waals surface area contributed by atoms with Crippen molar-refractivity contribution in [3.63, 3.8) is 0 Å². The molecule has 0 atom stereocenters. The van der Waals surface area contributed by atoms with Crippen LogP contribution >= 0.6 is 0 Å². The number of rotatable bonds is 3. The maximum absolute atomic E-state index is 2.49. The molecule has 1 aliphatic carbocycles. The van der Waals surface area contributed by atoms with Crippen LogP contribution in [0.2, 0.25) is 19.6 Å². The van der Waals surface area contributed by atoms with Gasteiger partial charge in [0.2, 0.25) is 0 Å². The Morgan fingerprint density at radius 1 is 1.05 bits per heavy atom. The first-order valence-electron chi connectivity index (χ1n) is 7.00. The summed E-state index contributed by atoms with van der Waals surface area (Å²) in [6.07, 6.45) is 4.78. The molecule has 0 saturated heterocycles. The Balaban J connectivity index is 0. The summed E-state index contributed by atoms with van der Waals surface area (Å²) in [6, 6.07) is 6.69. The SMILES string of the molecule is Cc1cccc(CC2=[C]([Ti+3])C([Si](C)(C)C)=CC2)c1C.[Cl-].[Cl-].[Cl-]. The van der Waals surface area contributed by atoms with Gasteiger partial charge in [0.25, 0.3) is 0 Å². The van der Waals surface area contributed by atoms with E-state index in [1.54, 1.807) is 14.6 Å². The molecule has 0 heterocycles. The number of hydrogen-bond acceptors (Lipinski definition) is 0. The Bertz CT molecular complexity index is 572. The van der Waals surface area contributed by atoms with Gasteiger partial charge < -0.3 is 37.2 Å². The summed E-state index contributed by atoms with van der Waals surface area (Å²) in [4.78, 5) is 0. The Morgan fingerprint density at radius 3 is 2.14 bits per heavy atom. The first-order valence-corrected chi connectivity index (χ1v) is 11.3. The van der Waals surface area contributed by atoms with Crippen LogP contribution in [-0.2, 0) is 26.9 Å². The second kappa shape index (κ2) is 9.71. The van der Waals surface area contributed by atoms with Crippen molar-refractivity contribution >= 4 is 8.07 Å². The summed E-state index contributed by atoms with van der Waals surface area (Å²) < 4.78 is 1.58. The van der Waals surface area contributed by atoms with Gasteiger partial charge in [-0.2, -0.15) is 0 Å². The fourth-order valence-corrected chi connectivity index (χ4v) is 6.55. The molecule has 0 N–H and O–H groups in total. The number of allylic oxidation sites excluding steroid dienone is 4. The van der Waals surface area contributed by atoms with Gasteiger partial charge in [-0.3, -0.25) is 0 Å². The number of hydrogen-bond donors (Lipinski definition) is 0. The molecule has 0 unspecified atom stereocenters. The molecule has 0 nitrogen and oxygen atoms in total. The molecule has 120 valence electrons. The molecule has 1 aliphatic rings. The molecule has 5 heteroatoms. The monoisotopic (exact) mass is 408 g/mol. The van der Waals surface area contributed by atoms with Gasteiger partial charge in [0.1, 0.15) is 0 Å². The zero-order chi connectivity index (χ0) is 14.2. The van der Waals surface area contributed by atoms with Gasteiger partial charge >= 0.3 is 130 Å². The topological polar surface area (TPSA) is 0 Å². The summed E-state index contributed by atoms with van der Waals surface area (Å²) in [5.41, 5.74) is 6.00. The van der Waals surface area contributed by atoms with Crippen LogP contribution in [0.3, 0.4) is 0 Å². The van der Waals surface area contributed by atoms with Crippen molar-refractivity contribution in [2.45, 2.75) is 46.3 Å². The van der Waals surface area contributed by atoms with Gasteiger partial charge in [0.05, 0.1) is 0 Å². The molecule has 0 aliphatic heterocycles. The van der Waals surface area contributed by atoms with Gasteiger partial charge in [0.15, 0.2) is 0 Å². The molecule has 0 spiro atoms. The maximum atomic E-state index is 2.49. The van der Waals surface area contributed by atoms with E-state index in [0.29, 0.717) is 0 Å². The zero-order valence-electron chi connectivity index (χ0n) is 13.9. The van der Waals surface area contributed by atoms with Crippen molar-refractivity contribution in [3.8, 4) is 0 Å². The van der Waals surface area contributed by atoms with Crippen LogP contribution in [0.1, 0.15) is 23.1 Å². The van der Waals surface area contributed by atoms with Gasteiger partial charge in [0, 0.05) is 0 Å². The first-order chi connectivity index (χ1) is 8.80. The van der Waals surface area contributed by atoms with Gasteiger partial charge in [-0.05, 0) is 0 Å². The zero-order valence-corrected chi connectivity index (χ0v) is 18.7. The number of halogens is 3. The Morgan fingerprint density at radius 2 is 1.64 bits per heavy atom. The molecule has 0 amide bonds. The van der Waals surface area contributed by atoms with Crippen molar-refractivity contribution < 1.29 is 57.7 Å². The molecule has 2 rings (SSSR count). The third kappa shape index (κ3) is 5.54. The molecule has 1 aromatic rings. The second-order valence-corrected chi connectivity index (χ2v) is 12.4. The molecule has 1 aromatic carbocycles. The minimum atomic E-state index is -1.17. The summed E-state index contributed by atoms with van der Waals surface area (Å²) in [7, 11) is -1.17. The summed E-state index contributed by atoms with van der Waals surface area (Å²) in [6.45, 7) is 11.8. The average Bonchev–Trinajstić information content (AvgIpc) is 2.66. The van der Waals surface area contributed by atoms with Crippen molar-refractivity contribution in [1.29, 1.82) is 0 Å². The van der Waals surface area contributed by atoms with E-state index >= 15 is 0 Å². The van der Waals surface area contributed by atoms with Gasteiger partial charge in [-0.1, -0.05) is 0 Å². The van der Waals surface area contributed by atoms with E-state index in [2.05, 4.69) is 78.2 Å². The van der Waals surface area contributed by atoms with Crippen LogP contribution in [0.4, 0.5) is 0 Å². The van der Waals surface area contributed by atoms with Crippen molar-refractivity contribution in [3.05, 3.63) is 55.6 Å². The van der Waals surface area contributed by atoms with E-state index in [-0.39, 0.29) is 37.2 Å². The Kier molecular flexibility index (Phi) is 10.9. The van der Waals surface area contributed by atoms with E-state index in [0.717, 1.165) is 6.42 Å². The minimum Gasteiger partial charge on any atom is -1.00 e. The molecule has 22 heavy (non-hydrogen) atoms. The van der Waals surface area contributed by atoms with E-state index in [4.69, 9.17) is 0 Å². The predicted molar refractivity (Wildman–Crippen MR) is 82.7 cm³/mol. The first kappa shape index (κ1) is 24.7. The van der Waals surface area contributed by atoms with E-state index in [1.807, 2.05) is 0 Å². The minimum absolute atomic E-state index is 0. The molecule has 0 bridgehead atoms. The Labute approximate surface area is 166 Å². The largest absolute Gasteiger partial charge is 1.00 e. The number of benzene rings is 1. The van der Waals surface area contributed by atoms with Gasteiger partial charge in [-0.25, -0.2) is 0 Å². The predicted octanol–water partition coefficient (Wildman–Crippen LogP) is -4.13. The Hall–Kier alpha value is 0.501. The van der Waals surface area contributed by atoms with Crippen LogP contribution in [0, 0.1) is 13.8 Å². The van der Waals surface area contributed by atoms with Crippen molar-refractivity contribution in [2.75, 3.05) is 0 Å². The normalized spacial score (nSPS) is 13.9. The smallest absolute Gasteiger partial charge is 1.00 e. The second-order valence-electron chi connectivity index (χ2n) is 6.59. The van der Waals surface area contributed by atoms with Crippen molar-refractivity contribution in [2.24, 2.45) is 0 Å². The molecule has 0 aromatic heterocycles. The fourth-order valence-electron chi connectivity index (χ4n) is 2.69. The standard InChI is InChI=1S/C17H23Si.3ClH.Ti/c1-13-7-6-8-16(14(13)2)11-15-9-10-17(12-15)18(3,4)5;;;;/h6-8,10H,9,11H2,1-5H3;3*1H;/q;;;;+3/p-3. The summed E-state index contributed by atoms with van der Waals surface area (Å²) in [5, 5.41) is 1.67. The molecule has 0 fully saturated rings. The van der Waals surface area contributed by atoms with Crippen LogP contribution in [0.15, 0.2) is 38.9 Å². The molecule has 0 radical (unpaired) electrons. The quantitative estimate of drug-likeness (QED) is 0.445. The maximum Gasteiger partial charge on any atom is -1.00 e. The van der Waals surface area contributed by atoms with Crippen LogP contribution in [0.25, 0.3) is 0 Å². The van der Waals surface area contributed by atoms with Crippen LogP contribution < -0.4 is 37.2 Å². The average molecular weight is 410 g/mol. The number of aryl methyl sites for hydroxylation is 1. The third-order valence-electron chi connectivity index (χ3n) is 4.10. The van der Waals surface area contributed by atoms with Gasteiger partial charge in [-0.15, -0.1) is 0 Å². The molecular formula is C17H23Cl3SiTi. The van der Waals surface area contributed by atoms with Crippen LogP contribution in [0.5, 0.6) is 0 Å². The third-order valence-corrected chi connectivity index (χ3v) is 7.54. The van der Waals surface area contributed by atoms with E-state index in [9.17, 15) is 0 Å². The summed E-state index contributed by atoms with van der Waals surface area (Å²) >= 11 is 2.33.